The lowest BCUT2D eigenvalue weighted by Crippen LogP contribution is -2.50. The molecule has 2 amide bonds. The van der Waals surface area contributed by atoms with Crippen molar-refractivity contribution in [2.45, 2.75) is 27.2 Å². The molecule has 2 rings (SSSR count). The standard InChI is InChI=1S/C17H25N3O4/c1-12-9-13(2)15(14(3)10-12)11-16(21)19-7-5-18(24-4)6-8-20(19)17(22)23/h9-10H,5-8,11H2,1-4H3,(H,22,23). The van der Waals surface area contributed by atoms with Gasteiger partial charge in [0.1, 0.15) is 0 Å². The number of hydroxylamine groups is 2. The third kappa shape index (κ3) is 4.04. The third-order valence-corrected chi connectivity index (χ3v) is 4.35. The predicted molar refractivity (Wildman–Crippen MR) is 89.4 cm³/mol. The highest BCUT2D eigenvalue weighted by Gasteiger charge is 2.30. The van der Waals surface area contributed by atoms with Crippen molar-refractivity contribution in [2.24, 2.45) is 0 Å². The van der Waals surface area contributed by atoms with E-state index in [4.69, 9.17) is 4.84 Å². The van der Waals surface area contributed by atoms with E-state index in [0.717, 1.165) is 27.3 Å². The molecular formula is C17H25N3O4. The van der Waals surface area contributed by atoms with Gasteiger partial charge in [-0.05, 0) is 37.5 Å². The SMILES string of the molecule is CON1CCN(C(=O)O)N(C(=O)Cc2c(C)cc(C)cc2C)CC1. The zero-order valence-electron chi connectivity index (χ0n) is 14.7. The van der Waals surface area contributed by atoms with Crippen molar-refractivity contribution in [2.75, 3.05) is 33.3 Å². The number of amides is 2. The Morgan fingerprint density at radius 3 is 2.08 bits per heavy atom. The van der Waals surface area contributed by atoms with Crippen LogP contribution in [-0.2, 0) is 16.1 Å². The first-order chi connectivity index (χ1) is 11.3. The quantitative estimate of drug-likeness (QED) is 0.911. The van der Waals surface area contributed by atoms with Gasteiger partial charge in [-0.15, -0.1) is 0 Å². The Morgan fingerprint density at radius 1 is 1.04 bits per heavy atom. The van der Waals surface area contributed by atoms with Crippen molar-refractivity contribution < 1.29 is 19.5 Å². The largest absolute Gasteiger partial charge is 0.464 e. The molecule has 0 radical (unpaired) electrons. The van der Waals surface area contributed by atoms with Gasteiger partial charge >= 0.3 is 6.09 Å². The summed E-state index contributed by atoms with van der Waals surface area (Å²) in [5.41, 5.74) is 4.22. The molecule has 1 aromatic carbocycles. The number of hydrogen-bond acceptors (Lipinski definition) is 4. The molecule has 132 valence electrons. The molecule has 0 saturated carbocycles. The summed E-state index contributed by atoms with van der Waals surface area (Å²) in [6, 6.07) is 4.08. The van der Waals surface area contributed by atoms with Gasteiger partial charge in [-0.2, -0.15) is 5.06 Å². The minimum atomic E-state index is -1.13. The van der Waals surface area contributed by atoms with E-state index >= 15 is 0 Å². The van der Waals surface area contributed by atoms with Crippen molar-refractivity contribution in [3.8, 4) is 0 Å². The number of carboxylic acid groups (broad SMARTS) is 1. The van der Waals surface area contributed by atoms with Gasteiger partial charge in [0, 0.05) is 13.1 Å². The lowest BCUT2D eigenvalue weighted by molar-refractivity contribution is -0.144. The molecule has 0 spiro atoms. The monoisotopic (exact) mass is 335 g/mol. The van der Waals surface area contributed by atoms with Crippen molar-refractivity contribution in [1.29, 1.82) is 0 Å². The van der Waals surface area contributed by atoms with E-state index in [2.05, 4.69) is 0 Å². The van der Waals surface area contributed by atoms with E-state index in [1.165, 1.54) is 5.01 Å². The van der Waals surface area contributed by atoms with Crippen molar-refractivity contribution in [3.63, 3.8) is 0 Å². The van der Waals surface area contributed by atoms with Gasteiger partial charge in [-0.3, -0.25) is 4.79 Å². The van der Waals surface area contributed by atoms with Gasteiger partial charge in [0.25, 0.3) is 0 Å². The number of hydrazine groups is 1. The van der Waals surface area contributed by atoms with Crippen LogP contribution in [0.15, 0.2) is 12.1 Å². The number of benzene rings is 1. The van der Waals surface area contributed by atoms with Gasteiger partial charge < -0.3 is 9.94 Å². The van der Waals surface area contributed by atoms with Gasteiger partial charge in [0.2, 0.25) is 5.91 Å². The van der Waals surface area contributed by atoms with E-state index in [1.54, 1.807) is 12.2 Å². The summed E-state index contributed by atoms with van der Waals surface area (Å²) in [7, 11) is 1.54. The number of aryl methyl sites for hydroxylation is 3. The molecule has 1 heterocycles. The van der Waals surface area contributed by atoms with Gasteiger partial charge in [-0.1, -0.05) is 17.7 Å². The molecule has 24 heavy (non-hydrogen) atoms. The minimum Gasteiger partial charge on any atom is -0.464 e. The van der Waals surface area contributed by atoms with E-state index in [-0.39, 0.29) is 25.4 Å². The van der Waals surface area contributed by atoms with Crippen LogP contribution >= 0.6 is 0 Å². The van der Waals surface area contributed by atoms with Crippen LogP contribution in [-0.4, -0.2) is 65.5 Å². The van der Waals surface area contributed by atoms with E-state index < -0.39 is 6.09 Å². The molecule has 7 heteroatoms. The van der Waals surface area contributed by atoms with Crippen LogP contribution in [0.25, 0.3) is 0 Å². The molecule has 7 nitrogen and oxygen atoms in total. The average molecular weight is 335 g/mol. The minimum absolute atomic E-state index is 0.189. The Labute approximate surface area is 142 Å². The zero-order chi connectivity index (χ0) is 17.9. The van der Waals surface area contributed by atoms with Crippen LogP contribution < -0.4 is 0 Å². The summed E-state index contributed by atoms with van der Waals surface area (Å²) in [5.74, 6) is -0.217. The fourth-order valence-corrected chi connectivity index (χ4v) is 3.14. The molecule has 1 aliphatic heterocycles. The second-order valence-electron chi connectivity index (χ2n) is 6.09. The van der Waals surface area contributed by atoms with Gasteiger partial charge in [0.05, 0.1) is 26.6 Å². The summed E-state index contributed by atoms with van der Waals surface area (Å²) in [5, 5.41) is 13.5. The fraction of sp³-hybridized carbons (Fsp3) is 0.529. The van der Waals surface area contributed by atoms with Crippen LogP contribution in [0.3, 0.4) is 0 Å². The van der Waals surface area contributed by atoms with E-state index in [0.29, 0.717) is 13.1 Å². The van der Waals surface area contributed by atoms with Crippen LogP contribution in [0.2, 0.25) is 0 Å². The first-order valence-corrected chi connectivity index (χ1v) is 8.00. The van der Waals surface area contributed by atoms with E-state index in [9.17, 15) is 14.7 Å². The van der Waals surface area contributed by atoms with Crippen LogP contribution in [0.5, 0.6) is 0 Å². The van der Waals surface area contributed by atoms with Crippen LogP contribution in [0.1, 0.15) is 22.3 Å². The Morgan fingerprint density at radius 2 is 1.58 bits per heavy atom. The molecule has 0 unspecified atom stereocenters. The Balaban J connectivity index is 2.21. The smallest absolute Gasteiger partial charge is 0.426 e. The molecule has 0 aliphatic carbocycles. The summed E-state index contributed by atoms with van der Waals surface area (Å²) >= 11 is 0. The topological polar surface area (TPSA) is 73.3 Å². The molecule has 1 aromatic rings. The first kappa shape index (κ1) is 18.2. The maximum absolute atomic E-state index is 12.8. The highest BCUT2D eigenvalue weighted by atomic mass is 16.7. The fourth-order valence-electron chi connectivity index (χ4n) is 3.14. The summed E-state index contributed by atoms with van der Waals surface area (Å²) in [6.45, 7) is 7.35. The lowest BCUT2D eigenvalue weighted by Gasteiger charge is -2.30. The Hall–Kier alpha value is -2.12. The highest BCUT2D eigenvalue weighted by molar-refractivity contribution is 5.81. The number of carbonyl (C=O) groups is 2. The maximum Gasteiger partial charge on any atom is 0.426 e. The number of rotatable bonds is 3. The lowest BCUT2D eigenvalue weighted by atomic mass is 9.97. The van der Waals surface area contributed by atoms with Gasteiger partial charge in [-0.25, -0.2) is 14.8 Å². The molecule has 1 fully saturated rings. The highest BCUT2D eigenvalue weighted by Crippen LogP contribution is 2.19. The van der Waals surface area contributed by atoms with Crippen molar-refractivity contribution in [1.82, 2.24) is 15.1 Å². The normalized spacial score (nSPS) is 16.2. The van der Waals surface area contributed by atoms with Gasteiger partial charge in [0.15, 0.2) is 0 Å². The number of nitrogens with zero attached hydrogens (tertiary/aromatic N) is 3. The predicted octanol–water partition coefficient (Wildman–Crippen LogP) is 1.75. The summed E-state index contributed by atoms with van der Waals surface area (Å²) in [6.07, 6.45) is -0.937. The van der Waals surface area contributed by atoms with Crippen LogP contribution in [0.4, 0.5) is 4.79 Å². The second kappa shape index (κ2) is 7.63. The van der Waals surface area contributed by atoms with Crippen molar-refractivity contribution in [3.05, 3.63) is 34.4 Å². The third-order valence-electron chi connectivity index (χ3n) is 4.35. The number of hydrogen-bond donors (Lipinski definition) is 1. The molecule has 1 N–H and O–H groups in total. The second-order valence-corrected chi connectivity index (χ2v) is 6.09. The summed E-state index contributed by atoms with van der Waals surface area (Å²) < 4.78 is 0. The maximum atomic E-state index is 12.8. The zero-order valence-corrected chi connectivity index (χ0v) is 14.7. The molecule has 0 atom stereocenters. The van der Waals surface area contributed by atoms with Crippen molar-refractivity contribution >= 4 is 12.0 Å². The van der Waals surface area contributed by atoms with E-state index in [1.807, 2.05) is 32.9 Å². The summed E-state index contributed by atoms with van der Waals surface area (Å²) in [4.78, 5) is 29.5. The molecule has 1 aliphatic rings. The molecule has 0 bridgehead atoms. The Bertz CT molecular complexity index is 609. The number of carbonyl (C=O) groups excluding carboxylic acids is 1. The van der Waals surface area contributed by atoms with Crippen LogP contribution in [0, 0.1) is 20.8 Å². The molecule has 0 aromatic heterocycles. The first-order valence-electron chi connectivity index (χ1n) is 8.00. The average Bonchev–Trinajstić information content (AvgIpc) is 2.73. The molecular weight excluding hydrogens is 310 g/mol. The molecule has 1 saturated heterocycles. The Kier molecular flexibility index (Phi) is 5.80.